The van der Waals surface area contributed by atoms with E-state index in [0.29, 0.717) is 16.4 Å². The molecule has 1 N–H and O–H groups in total. The number of halogens is 3. The zero-order valence-corrected chi connectivity index (χ0v) is 14.4. The number of aromatic nitrogens is 2. The number of hydrogen-bond donors (Lipinski definition) is 1. The van der Waals surface area contributed by atoms with Crippen LogP contribution < -0.4 is 5.32 Å². The lowest BCUT2D eigenvalue weighted by atomic mass is 10.4. The van der Waals surface area contributed by atoms with Crippen LogP contribution >= 0.6 is 54.8 Å². The van der Waals surface area contributed by atoms with Gasteiger partial charge >= 0.3 is 0 Å². The van der Waals surface area contributed by atoms with Crippen LogP contribution in [0.25, 0.3) is 0 Å². The number of nitrogens with zero attached hydrogens (tertiary/aromatic N) is 2. The molecule has 0 saturated heterocycles. The molecule has 2 rings (SSSR count). The van der Waals surface area contributed by atoms with E-state index in [2.05, 4.69) is 42.3 Å². The minimum absolute atomic E-state index is 0.0603. The van der Waals surface area contributed by atoms with E-state index in [1.165, 1.54) is 11.3 Å². The van der Waals surface area contributed by atoms with Crippen molar-refractivity contribution >= 4 is 60.7 Å². The highest BCUT2D eigenvalue weighted by Crippen LogP contribution is 2.32. The molecule has 0 radical (unpaired) electrons. The summed E-state index contributed by atoms with van der Waals surface area (Å²) < 4.78 is 3.57. The molecule has 102 valence electrons. The van der Waals surface area contributed by atoms with Crippen LogP contribution in [0.2, 0.25) is 5.02 Å². The molecular weight excluding hydrogens is 417 g/mol. The van der Waals surface area contributed by atoms with E-state index in [1.54, 1.807) is 23.1 Å². The van der Waals surface area contributed by atoms with Gasteiger partial charge in [-0.05, 0) is 44.3 Å². The SMILES string of the molecule is O=C(NCCCn1cc(Cl)cn1)c1cc(Br)c(Br)s1. The van der Waals surface area contributed by atoms with Crippen LogP contribution in [0.15, 0.2) is 26.7 Å². The summed E-state index contributed by atoms with van der Waals surface area (Å²) in [7, 11) is 0. The molecule has 0 spiro atoms. The molecule has 0 unspecified atom stereocenters. The number of amides is 1. The van der Waals surface area contributed by atoms with Crippen LogP contribution in [0.1, 0.15) is 16.1 Å². The molecule has 0 fully saturated rings. The van der Waals surface area contributed by atoms with Gasteiger partial charge in [-0.2, -0.15) is 5.10 Å². The summed E-state index contributed by atoms with van der Waals surface area (Å²) in [5, 5.41) is 7.56. The molecule has 0 aliphatic carbocycles. The summed E-state index contributed by atoms with van der Waals surface area (Å²) >= 11 is 13.9. The third-order valence-corrected chi connectivity index (χ3v) is 5.77. The highest BCUT2D eigenvalue weighted by atomic mass is 79.9. The molecule has 8 heteroatoms. The third kappa shape index (κ3) is 4.30. The van der Waals surface area contributed by atoms with Crippen molar-refractivity contribution in [1.29, 1.82) is 0 Å². The van der Waals surface area contributed by atoms with E-state index in [1.807, 2.05) is 0 Å². The lowest BCUT2D eigenvalue weighted by Gasteiger charge is -2.03. The zero-order valence-electron chi connectivity index (χ0n) is 9.70. The Morgan fingerprint density at radius 1 is 1.53 bits per heavy atom. The molecule has 2 aromatic heterocycles. The summed E-state index contributed by atoms with van der Waals surface area (Å²) in [6, 6.07) is 1.80. The molecule has 4 nitrogen and oxygen atoms in total. The summed E-state index contributed by atoms with van der Waals surface area (Å²) in [6.45, 7) is 1.33. The van der Waals surface area contributed by atoms with Crippen molar-refractivity contribution in [2.24, 2.45) is 0 Å². The van der Waals surface area contributed by atoms with Crippen molar-refractivity contribution in [2.75, 3.05) is 6.54 Å². The highest BCUT2D eigenvalue weighted by Gasteiger charge is 2.11. The molecule has 0 aliphatic rings. The van der Waals surface area contributed by atoms with Crippen molar-refractivity contribution in [3.8, 4) is 0 Å². The fraction of sp³-hybridized carbons (Fsp3) is 0.273. The molecular formula is C11H10Br2ClN3OS. The third-order valence-electron chi connectivity index (χ3n) is 2.32. The normalized spacial score (nSPS) is 10.7. The van der Waals surface area contributed by atoms with E-state index >= 15 is 0 Å². The van der Waals surface area contributed by atoms with E-state index < -0.39 is 0 Å². The molecule has 2 heterocycles. The molecule has 1 amide bonds. The first kappa shape index (κ1) is 15.0. The predicted molar refractivity (Wildman–Crippen MR) is 83.9 cm³/mol. The summed E-state index contributed by atoms with van der Waals surface area (Å²) in [5.41, 5.74) is 0. The number of carbonyl (C=O) groups excluding carboxylic acids is 1. The van der Waals surface area contributed by atoms with Crippen molar-refractivity contribution in [2.45, 2.75) is 13.0 Å². The average Bonchev–Trinajstić information content (AvgIpc) is 2.92. The van der Waals surface area contributed by atoms with Crippen LogP contribution in [0, 0.1) is 0 Å². The van der Waals surface area contributed by atoms with Crippen molar-refractivity contribution in [3.63, 3.8) is 0 Å². The second-order valence-electron chi connectivity index (χ2n) is 3.76. The van der Waals surface area contributed by atoms with Crippen LogP contribution in [-0.2, 0) is 6.54 Å². The highest BCUT2D eigenvalue weighted by molar-refractivity contribution is 9.13. The minimum atomic E-state index is -0.0603. The number of hydrogen-bond acceptors (Lipinski definition) is 3. The Morgan fingerprint density at radius 3 is 2.89 bits per heavy atom. The lowest BCUT2D eigenvalue weighted by molar-refractivity contribution is 0.0956. The summed E-state index contributed by atoms with van der Waals surface area (Å²) in [4.78, 5) is 12.5. The van der Waals surface area contributed by atoms with Crippen molar-refractivity contribution in [1.82, 2.24) is 15.1 Å². The number of rotatable bonds is 5. The van der Waals surface area contributed by atoms with Gasteiger partial charge in [-0.25, -0.2) is 0 Å². The first-order valence-electron chi connectivity index (χ1n) is 5.47. The zero-order chi connectivity index (χ0) is 13.8. The van der Waals surface area contributed by atoms with Gasteiger partial charge < -0.3 is 5.32 Å². The maximum absolute atomic E-state index is 11.8. The molecule has 0 bridgehead atoms. The average molecular weight is 428 g/mol. The van der Waals surface area contributed by atoms with E-state index in [-0.39, 0.29) is 5.91 Å². The number of thiophene rings is 1. The standard InChI is InChI=1S/C11H10Br2ClN3OS/c12-8-4-9(19-10(8)13)11(18)15-2-1-3-17-6-7(14)5-16-17/h4-6H,1-3H2,(H,15,18). The Morgan fingerprint density at radius 2 is 2.32 bits per heavy atom. The first-order chi connectivity index (χ1) is 9.06. The number of aryl methyl sites for hydroxylation is 1. The lowest BCUT2D eigenvalue weighted by Crippen LogP contribution is -2.24. The summed E-state index contributed by atoms with van der Waals surface area (Å²) in [6.07, 6.45) is 4.16. The van der Waals surface area contributed by atoms with Crippen molar-refractivity contribution < 1.29 is 4.79 Å². The number of carbonyl (C=O) groups is 1. The van der Waals surface area contributed by atoms with Gasteiger partial charge in [0, 0.05) is 23.8 Å². The maximum Gasteiger partial charge on any atom is 0.261 e. The van der Waals surface area contributed by atoms with Crippen LogP contribution in [0.3, 0.4) is 0 Å². The topological polar surface area (TPSA) is 46.9 Å². The monoisotopic (exact) mass is 425 g/mol. The fourth-order valence-electron chi connectivity index (χ4n) is 1.45. The Labute approximate surface area is 136 Å². The molecule has 19 heavy (non-hydrogen) atoms. The van der Waals surface area contributed by atoms with Gasteiger partial charge in [0.15, 0.2) is 0 Å². The van der Waals surface area contributed by atoms with E-state index in [0.717, 1.165) is 21.2 Å². The quantitative estimate of drug-likeness (QED) is 0.735. The molecule has 2 aromatic rings. The molecule has 0 saturated carbocycles. The Hall–Kier alpha value is -0.370. The number of nitrogens with one attached hydrogen (secondary N) is 1. The Bertz CT molecular complexity index is 565. The maximum atomic E-state index is 11.8. The molecule has 0 aromatic carbocycles. The van der Waals surface area contributed by atoms with Gasteiger partial charge in [0.05, 0.1) is 19.9 Å². The molecule has 0 atom stereocenters. The minimum Gasteiger partial charge on any atom is -0.351 e. The molecule has 0 aliphatic heterocycles. The van der Waals surface area contributed by atoms with Gasteiger partial charge in [-0.1, -0.05) is 11.6 Å². The van der Waals surface area contributed by atoms with Gasteiger partial charge in [0.2, 0.25) is 0 Å². The van der Waals surface area contributed by atoms with Gasteiger partial charge in [-0.15, -0.1) is 11.3 Å². The van der Waals surface area contributed by atoms with Crippen molar-refractivity contribution in [3.05, 3.63) is 36.6 Å². The van der Waals surface area contributed by atoms with Gasteiger partial charge in [-0.3, -0.25) is 9.48 Å². The summed E-state index contributed by atoms with van der Waals surface area (Å²) in [5.74, 6) is -0.0603. The smallest absolute Gasteiger partial charge is 0.261 e. The van der Waals surface area contributed by atoms with Crippen LogP contribution in [0.5, 0.6) is 0 Å². The van der Waals surface area contributed by atoms with E-state index in [9.17, 15) is 4.79 Å². The first-order valence-corrected chi connectivity index (χ1v) is 8.25. The van der Waals surface area contributed by atoms with Gasteiger partial charge in [0.1, 0.15) is 0 Å². The Kier molecular flexibility index (Phi) is 5.44. The van der Waals surface area contributed by atoms with E-state index in [4.69, 9.17) is 11.6 Å². The van der Waals surface area contributed by atoms with Gasteiger partial charge in [0.25, 0.3) is 5.91 Å². The second-order valence-corrected chi connectivity index (χ2v) is 7.42. The second kappa shape index (κ2) is 6.88. The predicted octanol–water partition coefficient (Wildman–Crippen LogP) is 3.94. The van der Waals surface area contributed by atoms with Crippen LogP contribution in [-0.4, -0.2) is 22.2 Å². The Balaban J connectivity index is 1.75. The fourth-order valence-corrected chi connectivity index (χ4v) is 3.56. The largest absolute Gasteiger partial charge is 0.351 e. The van der Waals surface area contributed by atoms with Crippen LogP contribution in [0.4, 0.5) is 0 Å².